The monoisotopic (exact) mass is 245 g/mol. The Labute approximate surface area is 97.5 Å². The lowest BCUT2D eigenvalue weighted by Crippen LogP contribution is -2.16. The molecule has 0 saturated carbocycles. The highest BCUT2D eigenvalue weighted by molar-refractivity contribution is 5.35. The van der Waals surface area contributed by atoms with Gasteiger partial charge in [0, 0.05) is 6.04 Å². The van der Waals surface area contributed by atoms with Crippen LogP contribution in [0.4, 0.5) is 13.2 Å². The average Bonchev–Trinajstić information content (AvgIpc) is 2.80. The first kappa shape index (κ1) is 12.4. The third kappa shape index (κ3) is 2.61. The highest BCUT2D eigenvalue weighted by Crippen LogP contribution is 2.33. The van der Waals surface area contributed by atoms with E-state index in [1.807, 2.05) is 0 Å². The van der Waals surface area contributed by atoms with E-state index in [1.54, 1.807) is 0 Å². The van der Waals surface area contributed by atoms with Crippen LogP contribution >= 0.6 is 0 Å². The maximum absolute atomic E-state index is 12.5. The van der Waals surface area contributed by atoms with Gasteiger partial charge in [0.1, 0.15) is 0 Å². The number of halogens is 3. The van der Waals surface area contributed by atoms with Gasteiger partial charge in [0.15, 0.2) is 0 Å². The van der Waals surface area contributed by atoms with Crippen molar-refractivity contribution in [1.82, 2.24) is 5.32 Å². The highest BCUT2D eigenvalue weighted by Gasteiger charge is 2.31. The van der Waals surface area contributed by atoms with E-state index in [4.69, 9.17) is 0 Å². The van der Waals surface area contributed by atoms with E-state index in [0.29, 0.717) is 5.56 Å². The molecule has 0 unspecified atom stereocenters. The molecule has 0 amide bonds. The van der Waals surface area contributed by atoms with Crippen LogP contribution in [0, 0.1) is 0 Å². The minimum Gasteiger partial charge on any atom is -0.392 e. The fourth-order valence-corrected chi connectivity index (χ4v) is 2.21. The summed E-state index contributed by atoms with van der Waals surface area (Å²) in [6, 6.07) is 3.65. The second kappa shape index (κ2) is 4.66. The number of hydrogen-bond acceptors (Lipinski definition) is 2. The first-order valence-electron chi connectivity index (χ1n) is 5.56. The summed E-state index contributed by atoms with van der Waals surface area (Å²) in [6.07, 6.45) is -2.44. The number of hydrogen-bond donors (Lipinski definition) is 2. The van der Waals surface area contributed by atoms with Gasteiger partial charge < -0.3 is 10.4 Å². The molecule has 1 fully saturated rings. The van der Waals surface area contributed by atoms with Crippen LogP contribution in [-0.4, -0.2) is 11.7 Å². The summed E-state index contributed by atoms with van der Waals surface area (Å²) in [5.41, 5.74) is 0.431. The molecule has 0 bridgehead atoms. The summed E-state index contributed by atoms with van der Waals surface area (Å²) >= 11 is 0. The molecule has 0 aromatic heterocycles. The number of nitrogens with one attached hydrogen (secondary N) is 1. The van der Waals surface area contributed by atoms with Crippen LogP contribution in [0.1, 0.15) is 35.6 Å². The average molecular weight is 245 g/mol. The molecule has 1 saturated heterocycles. The van der Waals surface area contributed by atoms with Crippen molar-refractivity contribution in [3.05, 3.63) is 34.9 Å². The predicted molar refractivity (Wildman–Crippen MR) is 57.3 cm³/mol. The van der Waals surface area contributed by atoms with Crippen LogP contribution in [0.2, 0.25) is 0 Å². The molecule has 1 heterocycles. The molecule has 0 radical (unpaired) electrons. The van der Waals surface area contributed by atoms with E-state index in [2.05, 4.69) is 5.32 Å². The molecule has 17 heavy (non-hydrogen) atoms. The van der Waals surface area contributed by atoms with E-state index in [0.717, 1.165) is 37.1 Å². The first-order valence-corrected chi connectivity index (χ1v) is 5.56. The fraction of sp³-hybridized carbons (Fsp3) is 0.500. The van der Waals surface area contributed by atoms with Crippen molar-refractivity contribution in [3.8, 4) is 0 Å². The Morgan fingerprint density at radius 3 is 2.65 bits per heavy atom. The van der Waals surface area contributed by atoms with Crippen LogP contribution in [-0.2, 0) is 12.8 Å². The lowest BCUT2D eigenvalue weighted by Gasteiger charge is -2.17. The molecule has 0 spiro atoms. The van der Waals surface area contributed by atoms with Gasteiger partial charge in [0.25, 0.3) is 0 Å². The summed E-state index contributed by atoms with van der Waals surface area (Å²) < 4.78 is 37.5. The lowest BCUT2D eigenvalue weighted by molar-refractivity contribution is -0.137. The quantitative estimate of drug-likeness (QED) is 0.839. The predicted octanol–water partition coefficient (Wildman–Crippen LogP) is 2.62. The molecule has 1 aliphatic rings. The van der Waals surface area contributed by atoms with Gasteiger partial charge in [-0.3, -0.25) is 0 Å². The van der Waals surface area contributed by atoms with Gasteiger partial charge in [-0.2, -0.15) is 13.2 Å². The molecule has 1 atom stereocenters. The molecule has 1 aromatic carbocycles. The zero-order valence-electron chi connectivity index (χ0n) is 9.22. The number of aliphatic hydroxyl groups is 1. The summed E-state index contributed by atoms with van der Waals surface area (Å²) in [4.78, 5) is 0. The Hall–Kier alpha value is -1.07. The van der Waals surface area contributed by atoms with Crippen molar-refractivity contribution < 1.29 is 18.3 Å². The molecule has 2 nitrogen and oxygen atoms in total. The van der Waals surface area contributed by atoms with Crippen molar-refractivity contribution in [2.24, 2.45) is 0 Å². The van der Waals surface area contributed by atoms with Gasteiger partial charge in [-0.05, 0) is 42.6 Å². The largest absolute Gasteiger partial charge is 0.416 e. The van der Waals surface area contributed by atoms with E-state index >= 15 is 0 Å². The summed E-state index contributed by atoms with van der Waals surface area (Å²) in [5.74, 6) is 0. The van der Waals surface area contributed by atoms with Crippen molar-refractivity contribution in [1.29, 1.82) is 0 Å². The molecule has 1 aliphatic heterocycles. The minimum absolute atomic E-state index is 0.0689. The fourth-order valence-electron chi connectivity index (χ4n) is 2.21. The molecular weight excluding hydrogens is 231 g/mol. The Kier molecular flexibility index (Phi) is 3.40. The first-order chi connectivity index (χ1) is 8.02. The minimum atomic E-state index is -4.36. The maximum atomic E-state index is 12.5. The van der Waals surface area contributed by atoms with E-state index in [9.17, 15) is 18.3 Å². The maximum Gasteiger partial charge on any atom is 0.416 e. The Morgan fingerprint density at radius 1 is 1.35 bits per heavy atom. The molecular formula is C12H14F3NO. The zero-order chi connectivity index (χ0) is 12.5. The van der Waals surface area contributed by atoms with Gasteiger partial charge >= 0.3 is 6.18 Å². The van der Waals surface area contributed by atoms with Crippen molar-refractivity contribution in [3.63, 3.8) is 0 Å². The van der Waals surface area contributed by atoms with Crippen LogP contribution in [0.15, 0.2) is 18.2 Å². The van der Waals surface area contributed by atoms with Gasteiger partial charge in [0.05, 0.1) is 12.2 Å². The van der Waals surface area contributed by atoms with Gasteiger partial charge in [-0.15, -0.1) is 0 Å². The van der Waals surface area contributed by atoms with E-state index < -0.39 is 11.7 Å². The highest BCUT2D eigenvalue weighted by atomic mass is 19.4. The van der Waals surface area contributed by atoms with Crippen molar-refractivity contribution in [2.75, 3.05) is 6.54 Å². The van der Waals surface area contributed by atoms with Crippen molar-refractivity contribution >= 4 is 0 Å². The van der Waals surface area contributed by atoms with Crippen LogP contribution < -0.4 is 5.32 Å². The van der Waals surface area contributed by atoms with Gasteiger partial charge in [-0.25, -0.2) is 0 Å². The number of benzene rings is 1. The Balaban J connectivity index is 2.34. The van der Waals surface area contributed by atoms with Crippen LogP contribution in [0.25, 0.3) is 0 Å². The standard InChI is InChI=1S/C12H14F3NO/c13-12(14,15)9-3-4-10(8(6-9)7-17)11-2-1-5-16-11/h3-4,6,11,16-17H,1-2,5,7H2/t11-/m0/s1. The zero-order valence-corrected chi connectivity index (χ0v) is 9.22. The number of alkyl halides is 3. The third-order valence-electron chi connectivity index (χ3n) is 3.08. The third-order valence-corrected chi connectivity index (χ3v) is 3.08. The molecule has 94 valence electrons. The Bertz CT molecular complexity index is 397. The summed E-state index contributed by atoms with van der Waals surface area (Å²) in [6.45, 7) is 0.508. The Morgan fingerprint density at radius 2 is 2.12 bits per heavy atom. The second-order valence-corrected chi connectivity index (χ2v) is 4.22. The SMILES string of the molecule is OCc1cc(C(F)(F)F)ccc1[C@@H]1CCCN1. The van der Waals surface area contributed by atoms with Crippen LogP contribution in [0.3, 0.4) is 0 Å². The molecule has 2 N–H and O–H groups in total. The number of aliphatic hydroxyl groups excluding tert-OH is 1. The summed E-state index contributed by atoms with van der Waals surface area (Å²) in [7, 11) is 0. The number of rotatable bonds is 2. The normalized spacial score (nSPS) is 20.8. The molecule has 1 aromatic rings. The summed E-state index contributed by atoms with van der Waals surface area (Å²) in [5, 5.41) is 12.4. The van der Waals surface area contributed by atoms with Crippen LogP contribution in [0.5, 0.6) is 0 Å². The molecule has 5 heteroatoms. The van der Waals surface area contributed by atoms with Gasteiger partial charge in [0.2, 0.25) is 0 Å². The smallest absolute Gasteiger partial charge is 0.392 e. The topological polar surface area (TPSA) is 32.3 Å². The molecule has 2 rings (SSSR count). The van der Waals surface area contributed by atoms with E-state index in [-0.39, 0.29) is 12.6 Å². The van der Waals surface area contributed by atoms with Crippen molar-refractivity contribution in [2.45, 2.75) is 31.7 Å². The van der Waals surface area contributed by atoms with Gasteiger partial charge in [-0.1, -0.05) is 6.07 Å². The molecule has 0 aliphatic carbocycles. The second-order valence-electron chi connectivity index (χ2n) is 4.22. The lowest BCUT2D eigenvalue weighted by atomic mass is 9.97. The van der Waals surface area contributed by atoms with E-state index in [1.165, 1.54) is 6.07 Å².